The number of rotatable bonds is 7. The van der Waals surface area contributed by atoms with Gasteiger partial charge in [-0.25, -0.2) is 0 Å². The Labute approximate surface area is 159 Å². The fourth-order valence-corrected chi connectivity index (χ4v) is 2.66. The van der Waals surface area contributed by atoms with Crippen LogP contribution in [0.2, 0.25) is 0 Å². The van der Waals surface area contributed by atoms with Crippen LogP contribution in [-0.4, -0.2) is 43.6 Å². The highest BCUT2D eigenvalue weighted by atomic mass is 127. The van der Waals surface area contributed by atoms with E-state index in [0.29, 0.717) is 6.04 Å². The largest absolute Gasteiger partial charge is 0.355 e. The maximum atomic E-state index is 4.31. The standard InChI is InChI=1S/C18H32N4.HI/c1-7-22(8-2)16(5)12-20-18(19-6)21-13-17-10-9-14(3)11-15(17)4;/h9-11,16H,7-8,12-13H2,1-6H3,(H2,19,20,21);1H. The first-order valence-electron chi connectivity index (χ1n) is 8.26. The summed E-state index contributed by atoms with van der Waals surface area (Å²) in [6, 6.07) is 7.05. The van der Waals surface area contributed by atoms with Gasteiger partial charge >= 0.3 is 0 Å². The first-order chi connectivity index (χ1) is 10.5. The third kappa shape index (κ3) is 7.52. The molecule has 1 rings (SSSR count). The van der Waals surface area contributed by atoms with Gasteiger partial charge in [0.15, 0.2) is 5.96 Å². The van der Waals surface area contributed by atoms with Gasteiger partial charge in [0, 0.05) is 26.2 Å². The minimum atomic E-state index is 0. The number of guanidine groups is 1. The molecule has 132 valence electrons. The van der Waals surface area contributed by atoms with Crippen LogP contribution < -0.4 is 10.6 Å². The molecule has 0 saturated carbocycles. The summed E-state index contributed by atoms with van der Waals surface area (Å²) in [5, 5.41) is 6.81. The molecular formula is C18H33IN4. The Morgan fingerprint density at radius 1 is 1.17 bits per heavy atom. The molecule has 0 bridgehead atoms. The van der Waals surface area contributed by atoms with Crippen molar-refractivity contribution < 1.29 is 0 Å². The summed E-state index contributed by atoms with van der Waals surface area (Å²) in [6.07, 6.45) is 0. The fourth-order valence-electron chi connectivity index (χ4n) is 2.66. The van der Waals surface area contributed by atoms with Gasteiger partial charge in [-0.1, -0.05) is 37.6 Å². The molecule has 2 N–H and O–H groups in total. The zero-order chi connectivity index (χ0) is 16.5. The number of aliphatic imine (C=N–C) groups is 1. The number of halogens is 1. The quantitative estimate of drug-likeness (QED) is 0.395. The molecule has 1 unspecified atom stereocenters. The molecule has 5 heteroatoms. The van der Waals surface area contributed by atoms with Crippen molar-refractivity contribution in [2.75, 3.05) is 26.7 Å². The summed E-state index contributed by atoms with van der Waals surface area (Å²) in [5.74, 6) is 0.860. The van der Waals surface area contributed by atoms with Crippen molar-refractivity contribution in [1.29, 1.82) is 0 Å². The topological polar surface area (TPSA) is 39.7 Å². The van der Waals surface area contributed by atoms with E-state index in [1.807, 2.05) is 7.05 Å². The molecule has 1 atom stereocenters. The highest BCUT2D eigenvalue weighted by Crippen LogP contribution is 2.09. The molecule has 0 heterocycles. The van der Waals surface area contributed by atoms with Crippen molar-refractivity contribution in [3.05, 3.63) is 34.9 Å². The number of aryl methyl sites for hydroxylation is 2. The molecule has 23 heavy (non-hydrogen) atoms. The Kier molecular flexibility index (Phi) is 11.3. The van der Waals surface area contributed by atoms with Crippen molar-refractivity contribution in [2.45, 2.75) is 47.2 Å². The van der Waals surface area contributed by atoms with E-state index in [4.69, 9.17) is 0 Å². The molecular weight excluding hydrogens is 399 g/mol. The SMILES string of the molecule is CCN(CC)C(C)CNC(=NC)NCc1ccc(C)cc1C.I. The van der Waals surface area contributed by atoms with Crippen LogP contribution in [0, 0.1) is 13.8 Å². The van der Waals surface area contributed by atoms with Crippen molar-refractivity contribution in [2.24, 2.45) is 4.99 Å². The van der Waals surface area contributed by atoms with E-state index in [1.54, 1.807) is 0 Å². The van der Waals surface area contributed by atoms with Gasteiger partial charge in [-0.2, -0.15) is 0 Å². The van der Waals surface area contributed by atoms with Gasteiger partial charge in [-0.05, 0) is 45.0 Å². The minimum Gasteiger partial charge on any atom is -0.355 e. The summed E-state index contributed by atoms with van der Waals surface area (Å²) in [4.78, 5) is 6.74. The first-order valence-corrected chi connectivity index (χ1v) is 8.26. The zero-order valence-electron chi connectivity index (χ0n) is 15.4. The predicted molar refractivity (Wildman–Crippen MR) is 112 cm³/mol. The molecule has 0 aromatic heterocycles. The van der Waals surface area contributed by atoms with Gasteiger partial charge in [-0.15, -0.1) is 24.0 Å². The Morgan fingerprint density at radius 2 is 1.83 bits per heavy atom. The maximum Gasteiger partial charge on any atom is 0.191 e. The third-order valence-electron chi connectivity index (χ3n) is 4.17. The Morgan fingerprint density at radius 3 is 2.35 bits per heavy atom. The van der Waals surface area contributed by atoms with Crippen LogP contribution in [-0.2, 0) is 6.54 Å². The molecule has 0 aliphatic rings. The number of hydrogen-bond acceptors (Lipinski definition) is 2. The summed E-state index contributed by atoms with van der Waals surface area (Å²) in [5.41, 5.74) is 3.93. The van der Waals surface area contributed by atoms with Crippen LogP contribution in [0.5, 0.6) is 0 Å². The van der Waals surface area contributed by atoms with E-state index in [1.165, 1.54) is 16.7 Å². The molecule has 1 aromatic carbocycles. The molecule has 0 fully saturated rings. The summed E-state index contributed by atoms with van der Waals surface area (Å²) < 4.78 is 0. The molecule has 0 amide bonds. The van der Waals surface area contributed by atoms with Crippen molar-refractivity contribution in [3.63, 3.8) is 0 Å². The molecule has 4 nitrogen and oxygen atoms in total. The van der Waals surface area contributed by atoms with Crippen LogP contribution >= 0.6 is 24.0 Å². The lowest BCUT2D eigenvalue weighted by molar-refractivity contribution is 0.231. The zero-order valence-corrected chi connectivity index (χ0v) is 17.8. The average molecular weight is 432 g/mol. The van der Waals surface area contributed by atoms with E-state index in [0.717, 1.165) is 32.1 Å². The van der Waals surface area contributed by atoms with Gasteiger partial charge in [0.1, 0.15) is 0 Å². The van der Waals surface area contributed by atoms with Gasteiger partial charge in [0.05, 0.1) is 0 Å². The lowest BCUT2D eigenvalue weighted by Gasteiger charge is -2.27. The number of likely N-dealkylation sites (N-methyl/N-ethyl adjacent to an activating group) is 1. The van der Waals surface area contributed by atoms with Crippen molar-refractivity contribution >= 4 is 29.9 Å². The van der Waals surface area contributed by atoms with Gasteiger partial charge in [0.25, 0.3) is 0 Å². The highest BCUT2D eigenvalue weighted by Gasteiger charge is 2.10. The second-order valence-electron chi connectivity index (χ2n) is 5.81. The third-order valence-corrected chi connectivity index (χ3v) is 4.17. The van der Waals surface area contributed by atoms with E-state index in [9.17, 15) is 0 Å². The summed E-state index contributed by atoms with van der Waals surface area (Å²) in [6.45, 7) is 14.8. The van der Waals surface area contributed by atoms with E-state index in [-0.39, 0.29) is 24.0 Å². The van der Waals surface area contributed by atoms with Crippen LogP contribution in [0.4, 0.5) is 0 Å². The second kappa shape index (κ2) is 11.7. The smallest absolute Gasteiger partial charge is 0.191 e. The van der Waals surface area contributed by atoms with Crippen LogP contribution in [0.1, 0.15) is 37.5 Å². The highest BCUT2D eigenvalue weighted by molar-refractivity contribution is 14.0. The average Bonchev–Trinajstić information content (AvgIpc) is 2.50. The van der Waals surface area contributed by atoms with E-state index in [2.05, 4.69) is 73.3 Å². The van der Waals surface area contributed by atoms with Gasteiger partial charge in [-0.3, -0.25) is 9.89 Å². The Balaban J connectivity index is 0.00000484. The van der Waals surface area contributed by atoms with Crippen LogP contribution in [0.3, 0.4) is 0 Å². The lowest BCUT2D eigenvalue weighted by atomic mass is 10.1. The molecule has 0 spiro atoms. The van der Waals surface area contributed by atoms with E-state index < -0.39 is 0 Å². The molecule has 1 aromatic rings. The van der Waals surface area contributed by atoms with Crippen LogP contribution in [0.15, 0.2) is 23.2 Å². The molecule has 0 radical (unpaired) electrons. The number of nitrogens with zero attached hydrogens (tertiary/aromatic N) is 2. The lowest BCUT2D eigenvalue weighted by Crippen LogP contribution is -2.45. The monoisotopic (exact) mass is 432 g/mol. The normalized spacial score (nSPS) is 12.7. The number of benzene rings is 1. The number of hydrogen-bond donors (Lipinski definition) is 2. The summed E-state index contributed by atoms with van der Waals surface area (Å²) in [7, 11) is 1.82. The second-order valence-corrected chi connectivity index (χ2v) is 5.81. The fraction of sp³-hybridized carbons (Fsp3) is 0.611. The molecule has 0 aliphatic carbocycles. The van der Waals surface area contributed by atoms with Crippen LogP contribution in [0.25, 0.3) is 0 Å². The predicted octanol–water partition coefficient (Wildman–Crippen LogP) is 3.32. The molecule has 0 aliphatic heterocycles. The number of nitrogens with one attached hydrogen (secondary N) is 2. The maximum absolute atomic E-state index is 4.31. The van der Waals surface area contributed by atoms with Gasteiger partial charge in [0.2, 0.25) is 0 Å². The Hall–Kier alpha value is -0.820. The Bertz CT molecular complexity index is 484. The summed E-state index contributed by atoms with van der Waals surface area (Å²) >= 11 is 0. The van der Waals surface area contributed by atoms with E-state index >= 15 is 0 Å². The molecule has 0 saturated heterocycles. The first kappa shape index (κ1) is 22.2. The van der Waals surface area contributed by atoms with Gasteiger partial charge < -0.3 is 10.6 Å². The van der Waals surface area contributed by atoms with Crippen molar-refractivity contribution in [1.82, 2.24) is 15.5 Å². The minimum absolute atomic E-state index is 0. The van der Waals surface area contributed by atoms with Crippen molar-refractivity contribution in [3.8, 4) is 0 Å².